The monoisotopic (exact) mass is 167 g/mol. The third-order valence-corrected chi connectivity index (χ3v) is 2.49. The largest absolute Gasteiger partial charge is 0.303 e. The van der Waals surface area contributed by atoms with Crippen LogP contribution in [0.3, 0.4) is 0 Å². The van der Waals surface area contributed by atoms with Gasteiger partial charge in [-0.2, -0.15) is 0 Å². The molecule has 0 spiro atoms. The predicted molar refractivity (Wildman–Crippen MR) is 43.5 cm³/mol. The Balaban J connectivity index is 1.95. The fourth-order valence-electron chi connectivity index (χ4n) is 1.73. The molecule has 0 amide bonds. The van der Waals surface area contributed by atoms with Crippen molar-refractivity contribution in [2.45, 2.75) is 25.3 Å². The van der Waals surface area contributed by atoms with Crippen LogP contribution in [0, 0.1) is 0 Å². The van der Waals surface area contributed by atoms with Gasteiger partial charge in [0.2, 0.25) is 0 Å². The number of aromatic nitrogens is 4. The molecule has 2 rings (SSSR count). The van der Waals surface area contributed by atoms with Gasteiger partial charge in [0.05, 0.1) is 0 Å². The van der Waals surface area contributed by atoms with E-state index in [-0.39, 0.29) is 0 Å². The topological polar surface area (TPSA) is 57.7 Å². The lowest BCUT2D eigenvalue weighted by atomic mass is 10.1. The minimum atomic E-state index is 0.625. The molecule has 0 bridgehead atoms. The molecule has 1 aromatic heterocycles. The minimum absolute atomic E-state index is 0.625. The highest BCUT2D eigenvalue weighted by Gasteiger charge is 2.21. The van der Waals surface area contributed by atoms with Crippen LogP contribution >= 0.6 is 0 Å². The second kappa shape index (κ2) is 3.18. The molecule has 1 aliphatic rings. The number of aromatic amines is 1. The molecule has 1 N–H and O–H groups in total. The summed E-state index contributed by atoms with van der Waals surface area (Å²) in [6.07, 6.45) is 3.50. The van der Waals surface area contributed by atoms with E-state index in [4.69, 9.17) is 0 Å². The third-order valence-electron chi connectivity index (χ3n) is 2.49. The number of hydrogen-bond acceptors (Lipinski definition) is 4. The van der Waals surface area contributed by atoms with Crippen molar-refractivity contribution in [3.05, 3.63) is 5.82 Å². The van der Waals surface area contributed by atoms with Crippen molar-refractivity contribution in [2.24, 2.45) is 0 Å². The molecule has 2 heterocycles. The Kier molecular flexibility index (Phi) is 2.03. The lowest BCUT2D eigenvalue weighted by molar-refractivity contribution is 0.306. The van der Waals surface area contributed by atoms with Crippen LogP contribution in [0.4, 0.5) is 0 Å². The van der Waals surface area contributed by atoms with Gasteiger partial charge in [-0.15, -0.1) is 5.10 Å². The summed E-state index contributed by atoms with van der Waals surface area (Å²) < 4.78 is 0. The van der Waals surface area contributed by atoms with E-state index in [1.54, 1.807) is 0 Å². The second-order valence-corrected chi connectivity index (χ2v) is 3.33. The van der Waals surface area contributed by atoms with Crippen LogP contribution < -0.4 is 0 Å². The highest BCUT2D eigenvalue weighted by atomic mass is 15.5. The first-order chi connectivity index (χ1) is 5.86. The molecule has 0 saturated carbocycles. The van der Waals surface area contributed by atoms with E-state index in [0.717, 1.165) is 12.2 Å². The summed E-state index contributed by atoms with van der Waals surface area (Å²) in [5.41, 5.74) is 0. The molecular weight excluding hydrogens is 154 g/mol. The summed E-state index contributed by atoms with van der Waals surface area (Å²) in [6.45, 7) is 1.20. The molecule has 0 unspecified atom stereocenters. The number of nitrogens with zero attached hydrogens (tertiary/aromatic N) is 4. The fourth-order valence-corrected chi connectivity index (χ4v) is 1.73. The average Bonchev–Trinajstić information content (AvgIpc) is 2.65. The predicted octanol–water partition coefficient (Wildman–Crippen LogP) is -0.164. The maximum atomic E-state index is 3.87. The second-order valence-electron chi connectivity index (χ2n) is 3.33. The molecule has 0 aromatic carbocycles. The summed E-state index contributed by atoms with van der Waals surface area (Å²) in [5.74, 6) is 0.897. The van der Waals surface area contributed by atoms with Crippen LogP contribution in [0.25, 0.3) is 0 Å². The van der Waals surface area contributed by atoms with Gasteiger partial charge < -0.3 is 4.90 Å². The fraction of sp³-hybridized carbons (Fsp3) is 0.857. The van der Waals surface area contributed by atoms with E-state index in [2.05, 4.69) is 32.6 Å². The number of tetrazole rings is 1. The summed E-state index contributed by atoms with van der Waals surface area (Å²) in [4.78, 5) is 2.36. The zero-order valence-corrected chi connectivity index (χ0v) is 7.19. The first kappa shape index (κ1) is 7.67. The van der Waals surface area contributed by atoms with Crippen LogP contribution in [-0.2, 0) is 6.42 Å². The molecule has 1 atom stereocenters. The van der Waals surface area contributed by atoms with Gasteiger partial charge in [0.1, 0.15) is 5.82 Å². The van der Waals surface area contributed by atoms with Gasteiger partial charge in [-0.1, -0.05) is 0 Å². The van der Waals surface area contributed by atoms with E-state index < -0.39 is 0 Å². The van der Waals surface area contributed by atoms with Crippen LogP contribution in [0.1, 0.15) is 18.7 Å². The lowest BCUT2D eigenvalue weighted by Gasteiger charge is -2.17. The molecule has 1 aromatic rings. The normalized spacial score (nSPS) is 24.9. The Hall–Kier alpha value is -0.970. The number of likely N-dealkylation sites (N-methyl/N-ethyl adjacent to an activating group) is 1. The summed E-state index contributed by atoms with van der Waals surface area (Å²) in [5, 5.41) is 13.8. The van der Waals surface area contributed by atoms with Gasteiger partial charge >= 0.3 is 0 Å². The van der Waals surface area contributed by atoms with Gasteiger partial charge in [0.25, 0.3) is 0 Å². The Bertz CT molecular complexity index is 232. The van der Waals surface area contributed by atoms with Crippen LogP contribution in [0.2, 0.25) is 0 Å². The zero-order valence-electron chi connectivity index (χ0n) is 7.19. The molecule has 12 heavy (non-hydrogen) atoms. The van der Waals surface area contributed by atoms with Gasteiger partial charge in [0.15, 0.2) is 0 Å². The van der Waals surface area contributed by atoms with Crippen LogP contribution in [0.5, 0.6) is 0 Å². The summed E-state index contributed by atoms with van der Waals surface area (Å²) in [7, 11) is 2.15. The van der Waals surface area contributed by atoms with Crippen molar-refractivity contribution in [1.82, 2.24) is 25.5 Å². The van der Waals surface area contributed by atoms with Crippen molar-refractivity contribution >= 4 is 0 Å². The zero-order chi connectivity index (χ0) is 8.39. The number of H-pyrrole nitrogens is 1. The highest BCUT2D eigenvalue weighted by Crippen LogP contribution is 2.16. The van der Waals surface area contributed by atoms with Crippen molar-refractivity contribution in [1.29, 1.82) is 0 Å². The molecule has 0 radical (unpaired) electrons. The van der Waals surface area contributed by atoms with E-state index in [1.165, 1.54) is 19.4 Å². The smallest absolute Gasteiger partial charge is 0.150 e. The Morgan fingerprint density at radius 2 is 2.58 bits per heavy atom. The molecule has 1 saturated heterocycles. The number of hydrogen-bond donors (Lipinski definition) is 1. The van der Waals surface area contributed by atoms with Crippen molar-refractivity contribution < 1.29 is 0 Å². The molecule has 66 valence electrons. The van der Waals surface area contributed by atoms with Gasteiger partial charge in [-0.05, 0) is 36.9 Å². The quantitative estimate of drug-likeness (QED) is 0.664. The van der Waals surface area contributed by atoms with Crippen molar-refractivity contribution in [3.8, 4) is 0 Å². The highest BCUT2D eigenvalue weighted by molar-refractivity contribution is 4.87. The number of nitrogens with one attached hydrogen (secondary N) is 1. The third kappa shape index (κ3) is 1.45. The maximum absolute atomic E-state index is 3.87. The van der Waals surface area contributed by atoms with Gasteiger partial charge in [-0.3, -0.25) is 0 Å². The van der Waals surface area contributed by atoms with Crippen LogP contribution in [-0.4, -0.2) is 45.2 Å². The molecule has 1 fully saturated rings. The SMILES string of the molecule is CN1CCC[C@H]1Cc1nnn[nH]1. The van der Waals surface area contributed by atoms with E-state index in [0.29, 0.717) is 6.04 Å². The Labute approximate surface area is 71.1 Å². The Morgan fingerprint density at radius 1 is 1.67 bits per heavy atom. The minimum Gasteiger partial charge on any atom is -0.303 e. The van der Waals surface area contributed by atoms with Crippen LogP contribution in [0.15, 0.2) is 0 Å². The first-order valence-corrected chi connectivity index (χ1v) is 4.29. The molecule has 5 nitrogen and oxygen atoms in total. The Morgan fingerprint density at radius 3 is 3.17 bits per heavy atom. The number of likely N-dealkylation sites (tertiary alicyclic amines) is 1. The van der Waals surface area contributed by atoms with Crippen molar-refractivity contribution in [2.75, 3.05) is 13.6 Å². The number of rotatable bonds is 2. The molecule has 1 aliphatic heterocycles. The van der Waals surface area contributed by atoms with Crippen molar-refractivity contribution in [3.63, 3.8) is 0 Å². The summed E-state index contributed by atoms with van der Waals surface area (Å²) in [6, 6.07) is 0.625. The van der Waals surface area contributed by atoms with E-state index in [1.807, 2.05) is 0 Å². The molecular formula is C7H13N5. The lowest BCUT2D eigenvalue weighted by Crippen LogP contribution is -2.27. The summed E-state index contributed by atoms with van der Waals surface area (Å²) >= 11 is 0. The molecule has 5 heteroatoms. The maximum Gasteiger partial charge on any atom is 0.150 e. The van der Waals surface area contributed by atoms with Gasteiger partial charge in [-0.25, -0.2) is 5.10 Å². The first-order valence-electron chi connectivity index (χ1n) is 4.29. The van der Waals surface area contributed by atoms with E-state index >= 15 is 0 Å². The average molecular weight is 167 g/mol. The van der Waals surface area contributed by atoms with Gasteiger partial charge in [0, 0.05) is 12.5 Å². The standard InChI is InChI=1S/C7H13N5/c1-12-4-2-3-6(12)5-7-8-10-11-9-7/h6H,2-5H2,1H3,(H,8,9,10,11)/t6-/m0/s1. The molecule has 0 aliphatic carbocycles. The van der Waals surface area contributed by atoms with E-state index in [9.17, 15) is 0 Å².